The van der Waals surface area contributed by atoms with Crippen molar-refractivity contribution in [2.75, 3.05) is 5.75 Å². The van der Waals surface area contributed by atoms with Crippen LogP contribution in [0, 0.1) is 0 Å². The minimum absolute atomic E-state index is 0.00537. The first-order valence-electron chi connectivity index (χ1n) is 8.32. The van der Waals surface area contributed by atoms with Crippen LogP contribution in [-0.2, 0) is 22.7 Å². The normalized spacial score (nSPS) is 15.6. The van der Waals surface area contributed by atoms with E-state index in [-0.39, 0.29) is 18.4 Å². The maximum atomic E-state index is 12.2. The number of carbonyl (C=O) groups excluding carboxylic acids is 2. The average molecular weight is 380 g/mol. The molecule has 2 heterocycles. The van der Waals surface area contributed by atoms with Crippen LogP contribution >= 0.6 is 11.8 Å². The van der Waals surface area contributed by atoms with Gasteiger partial charge in [-0.3, -0.25) is 14.5 Å². The molecule has 0 saturated carbocycles. The zero-order valence-electron chi connectivity index (χ0n) is 14.3. The summed E-state index contributed by atoms with van der Waals surface area (Å²) in [6.07, 6.45) is 0. The number of benzene rings is 2. The summed E-state index contributed by atoms with van der Waals surface area (Å²) in [6, 6.07) is 17.1. The zero-order valence-corrected chi connectivity index (χ0v) is 15.1. The lowest BCUT2D eigenvalue weighted by atomic mass is 10.2. The first kappa shape index (κ1) is 17.2. The molecule has 1 saturated heterocycles. The molecule has 1 N–H and O–H groups in total. The van der Waals surface area contributed by atoms with E-state index in [1.807, 2.05) is 54.6 Å². The highest BCUT2D eigenvalue weighted by Crippen LogP contribution is 2.21. The first-order valence-corrected chi connectivity index (χ1v) is 9.31. The van der Waals surface area contributed by atoms with E-state index in [0.717, 1.165) is 16.6 Å². The van der Waals surface area contributed by atoms with Gasteiger partial charge in [0.1, 0.15) is 12.1 Å². The second kappa shape index (κ2) is 7.58. The van der Waals surface area contributed by atoms with Crippen molar-refractivity contribution in [2.24, 2.45) is 5.10 Å². The van der Waals surface area contributed by atoms with Gasteiger partial charge in [0.15, 0.2) is 5.17 Å². The number of hydrogen-bond donors (Lipinski definition) is 1. The van der Waals surface area contributed by atoms with Gasteiger partial charge in [0.25, 0.3) is 5.91 Å². The van der Waals surface area contributed by atoms with Crippen LogP contribution in [0.2, 0.25) is 0 Å². The Morgan fingerprint density at radius 2 is 1.93 bits per heavy atom. The molecule has 27 heavy (non-hydrogen) atoms. The molecule has 1 aromatic heterocycles. The van der Waals surface area contributed by atoms with Crippen LogP contribution in [0.5, 0.6) is 0 Å². The van der Waals surface area contributed by atoms with E-state index in [0.29, 0.717) is 17.5 Å². The van der Waals surface area contributed by atoms with E-state index in [1.54, 1.807) is 4.90 Å². The molecule has 4 rings (SSSR count). The largest absolute Gasteiger partial charge is 0.285 e. The average Bonchev–Trinajstić information content (AvgIpc) is 3.25. The third-order valence-corrected chi connectivity index (χ3v) is 4.99. The first-order chi connectivity index (χ1) is 13.2. The Bertz CT molecular complexity index is 1020. The second-order valence-electron chi connectivity index (χ2n) is 5.92. The van der Waals surface area contributed by atoms with E-state index in [9.17, 15) is 9.59 Å². The Kier molecular flexibility index (Phi) is 4.84. The fourth-order valence-electron chi connectivity index (χ4n) is 2.72. The molecule has 1 fully saturated rings. The number of carbonyl (C=O) groups is 2. The molecule has 0 atom stereocenters. The van der Waals surface area contributed by atoms with Crippen LogP contribution in [0.15, 0.2) is 59.7 Å². The molecule has 136 valence electrons. The number of thioether (sulfide) groups is 1. The van der Waals surface area contributed by atoms with Crippen molar-refractivity contribution in [3.8, 4) is 0 Å². The van der Waals surface area contributed by atoms with Crippen LogP contribution in [-0.4, -0.2) is 42.6 Å². The summed E-state index contributed by atoms with van der Waals surface area (Å²) in [5.74, 6) is -0.0493. The van der Waals surface area contributed by atoms with Gasteiger partial charge in [0.2, 0.25) is 5.91 Å². The number of hydrogen-bond acceptors (Lipinski definition) is 6. The molecule has 1 aliphatic rings. The van der Waals surface area contributed by atoms with Gasteiger partial charge in [-0.25, -0.2) is 10.1 Å². The van der Waals surface area contributed by atoms with E-state index >= 15 is 0 Å². The Morgan fingerprint density at radius 3 is 2.78 bits per heavy atom. The second-order valence-corrected chi connectivity index (χ2v) is 6.86. The highest BCUT2D eigenvalue weighted by molar-refractivity contribution is 8.15. The topological polar surface area (TPSA) is 92.5 Å². The quantitative estimate of drug-likeness (QED) is 0.679. The minimum atomic E-state index is -0.335. The SMILES string of the molecule is O=C(Cn1nnc2ccccc21)N/N=C1\SCC(=O)N1Cc1ccccc1. The van der Waals surface area contributed by atoms with Gasteiger partial charge in [-0.1, -0.05) is 59.4 Å². The summed E-state index contributed by atoms with van der Waals surface area (Å²) in [5, 5.41) is 12.6. The van der Waals surface area contributed by atoms with Gasteiger partial charge in [-0.15, -0.1) is 10.2 Å². The molecule has 2 amide bonds. The fraction of sp³-hybridized carbons (Fsp3) is 0.167. The number of nitrogens with one attached hydrogen (secondary N) is 1. The number of amidine groups is 1. The maximum absolute atomic E-state index is 12.2. The standard InChI is InChI=1S/C18H16N6O2S/c25-16(11-24-15-9-5-4-8-14(15)19-22-24)20-21-18-23(17(26)12-27-18)10-13-6-2-1-3-7-13/h1-9H,10-12H2,(H,20,25)/b21-18-. The Labute approximate surface area is 159 Å². The van der Waals surface area contributed by atoms with Gasteiger partial charge in [-0.2, -0.15) is 0 Å². The lowest BCUT2D eigenvalue weighted by Crippen LogP contribution is -2.32. The molecule has 0 bridgehead atoms. The monoisotopic (exact) mass is 380 g/mol. The van der Waals surface area contributed by atoms with Crippen molar-refractivity contribution in [3.63, 3.8) is 0 Å². The number of amides is 2. The molecule has 9 heteroatoms. The minimum Gasteiger partial charge on any atom is -0.285 e. The van der Waals surface area contributed by atoms with Crippen LogP contribution in [0.25, 0.3) is 11.0 Å². The van der Waals surface area contributed by atoms with Crippen LogP contribution in [0.3, 0.4) is 0 Å². The van der Waals surface area contributed by atoms with Crippen LogP contribution < -0.4 is 5.43 Å². The number of aromatic nitrogens is 3. The number of rotatable bonds is 5. The van der Waals surface area contributed by atoms with E-state index in [1.165, 1.54) is 16.4 Å². The Morgan fingerprint density at radius 1 is 1.15 bits per heavy atom. The van der Waals surface area contributed by atoms with Crippen LogP contribution in [0.4, 0.5) is 0 Å². The third-order valence-electron chi connectivity index (χ3n) is 4.03. The lowest BCUT2D eigenvalue weighted by Gasteiger charge is -2.15. The molecule has 1 aliphatic heterocycles. The van der Waals surface area contributed by atoms with Gasteiger partial charge in [-0.05, 0) is 17.7 Å². The lowest BCUT2D eigenvalue weighted by molar-refractivity contribution is -0.125. The third kappa shape index (κ3) is 3.82. The highest BCUT2D eigenvalue weighted by atomic mass is 32.2. The van der Waals surface area contributed by atoms with Crippen molar-refractivity contribution in [1.29, 1.82) is 0 Å². The summed E-state index contributed by atoms with van der Waals surface area (Å²) in [5.41, 5.74) is 5.01. The van der Waals surface area contributed by atoms with Gasteiger partial charge in [0, 0.05) is 0 Å². The molecule has 3 aromatic rings. The maximum Gasteiger partial charge on any atom is 0.261 e. The molecule has 2 aromatic carbocycles. The van der Waals surface area contributed by atoms with Crippen molar-refractivity contribution in [2.45, 2.75) is 13.1 Å². The van der Waals surface area contributed by atoms with Crippen molar-refractivity contribution in [3.05, 3.63) is 60.2 Å². The Balaban J connectivity index is 1.43. The molecule has 8 nitrogen and oxygen atoms in total. The highest BCUT2D eigenvalue weighted by Gasteiger charge is 2.28. The summed E-state index contributed by atoms with van der Waals surface area (Å²) in [4.78, 5) is 25.9. The number of fused-ring (bicyclic) bond motifs is 1. The van der Waals surface area contributed by atoms with Crippen molar-refractivity contribution < 1.29 is 9.59 Å². The van der Waals surface area contributed by atoms with Gasteiger partial charge < -0.3 is 0 Å². The summed E-state index contributed by atoms with van der Waals surface area (Å²) < 4.78 is 1.51. The van der Waals surface area contributed by atoms with E-state index < -0.39 is 0 Å². The van der Waals surface area contributed by atoms with Crippen molar-refractivity contribution in [1.82, 2.24) is 25.3 Å². The molecule has 0 spiro atoms. The van der Waals surface area contributed by atoms with Crippen molar-refractivity contribution >= 4 is 39.8 Å². The molecule has 0 unspecified atom stereocenters. The predicted molar refractivity (Wildman–Crippen MR) is 103 cm³/mol. The van der Waals surface area contributed by atoms with E-state index in [2.05, 4.69) is 20.8 Å². The van der Waals surface area contributed by atoms with Gasteiger partial charge in [0.05, 0.1) is 17.8 Å². The summed E-state index contributed by atoms with van der Waals surface area (Å²) in [6.45, 7) is 0.420. The molecule has 0 aliphatic carbocycles. The Hall–Kier alpha value is -3.20. The predicted octanol–water partition coefficient (Wildman–Crippen LogP) is 1.59. The zero-order chi connectivity index (χ0) is 18.6. The smallest absolute Gasteiger partial charge is 0.261 e. The fourth-order valence-corrected chi connectivity index (χ4v) is 3.56. The number of hydrazone groups is 1. The number of para-hydroxylation sites is 1. The molecule has 0 radical (unpaired) electrons. The number of nitrogens with zero attached hydrogens (tertiary/aromatic N) is 5. The summed E-state index contributed by atoms with van der Waals surface area (Å²) >= 11 is 1.31. The van der Waals surface area contributed by atoms with Gasteiger partial charge >= 0.3 is 0 Å². The van der Waals surface area contributed by atoms with Crippen LogP contribution in [0.1, 0.15) is 5.56 Å². The van der Waals surface area contributed by atoms with E-state index in [4.69, 9.17) is 0 Å². The molecular formula is C18H16N6O2S. The molecular weight excluding hydrogens is 364 g/mol. The summed E-state index contributed by atoms with van der Waals surface area (Å²) in [7, 11) is 0.